The van der Waals surface area contributed by atoms with Gasteiger partial charge in [0.25, 0.3) is 0 Å². The summed E-state index contributed by atoms with van der Waals surface area (Å²) in [4.78, 5) is 3.58. The Bertz CT molecular complexity index is 378. The van der Waals surface area contributed by atoms with E-state index in [9.17, 15) is 0 Å². The van der Waals surface area contributed by atoms with Crippen LogP contribution in [0, 0.1) is 11.8 Å². The standard InChI is InChI=1S/C13H20N2OS/c1-3-16-8-7-15(2)10-13-9-12(11-17-13)5-4-6-14/h9,11H,3,6-8,10,14H2,1-2H3. The smallest absolute Gasteiger partial charge is 0.0593 e. The molecule has 0 atom stereocenters. The third kappa shape index (κ3) is 5.85. The molecule has 0 aliphatic rings. The zero-order chi connectivity index (χ0) is 12.5. The second-order valence-electron chi connectivity index (χ2n) is 3.74. The summed E-state index contributed by atoms with van der Waals surface area (Å²) in [6.45, 7) is 5.91. The minimum Gasteiger partial charge on any atom is -0.380 e. The predicted octanol–water partition coefficient (Wildman–Crippen LogP) is 1.53. The van der Waals surface area contributed by atoms with Crippen molar-refractivity contribution in [1.29, 1.82) is 0 Å². The van der Waals surface area contributed by atoms with Gasteiger partial charge in [-0.25, -0.2) is 0 Å². The molecule has 0 saturated carbocycles. The van der Waals surface area contributed by atoms with Crippen LogP contribution in [0.1, 0.15) is 17.4 Å². The van der Waals surface area contributed by atoms with E-state index in [0.717, 1.165) is 31.9 Å². The van der Waals surface area contributed by atoms with E-state index in [2.05, 4.69) is 35.2 Å². The monoisotopic (exact) mass is 252 g/mol. The molecule has 0 fully saturated rings. The van der Waals surface area contributed by atoms with Gasteiger partial charge in [0.2, 0.25) is 0 Å². The van der Waals surface area contributed by atoms with Crippen molar-refractivity contribution in [2.75, 3.05) is 33.4 Å². The van der Waals surface area contributed by atoms with Crippen molar-refractivity contribution in [1.82, 2.24) is 4.90 Å². The third-order valence-corrected chi connectivity index (χ3v) is 3.16. The number of thiophene rings is 1. The Hall–Kier alpha value is -0.860. The summed E-state index contributed by atoms with van der Waals surface area (Å²) in [6.07, 6.45) is 0. The van der Waals surface area contributed by atoms with Crippen LogP contribution in [-0.2, 0) is 11.3 Å². The molecule has 0 aromatic carbocycles. The minimum absolute atomic E-state index is 0.416. The number of rotatable bonds is 6. The van der Waals surface area contributed by atoms with Gasteiger partial charge in [0.15, 0.2) is 0 Å². The fraction of sp³-hybridized carbons (Fsp3) is 0.538. The van der Waals surface area contributed by atoms with Gasteiger partial charge in [-0.05, 0) is 20.0 Å². The summed E-state index contributed by atoms with van der Waals surface area (Å²) in [5.41, 5.74) is 6.40. The molecule has 1 aromatic rings. The molecule has 1 rings (SSSR count). The largest absolute Gasteiger partial charge is 0.380 e. The number of hydrogen-bond acceptors (Lipinski definition) is 4. The molecule has 2 N–H and O–H groups in total. The molecule has 1 aromatic heterocycles. The Balaban J connectivity index is 2.37. The van der Waals surface area contributed by atoms with Gasteiger partial charge in [-0.3, -0.25) is 4.90 Å². The summed E-state index contributed by atoms with van der Waals surface area (Å²) in [7, 11) is 2.10. The number of hydrogen-bond donors (Lipinski definition) is 1. The predicted molar refractivity (Wildman–Crippen MR) is 73.1 cm³/mol. The van der Waals surface area contributed by atoms with Gasteiger partial charge in [0, 0.05) is 35.5 Å². The molecule has 17 heavy (non-hydrogen) atoms. The van der Waals surface area contributed by atoms with Crippen molar-refractivity contribution < 1.29 is 4.74 Å². The summed E-state index contributed by atoms with van der Waals surface area (Å²) in [5, 5.41) is 2.08. The van der Waals surface area contributed by atoms with Crippen molar-refractivity contribution in [2.24, 2.45) is 5.73 Å². The van der Waals surface area contributed by atoms with Crippen LogP contribution in [0.5, 0.6) is 0 Å². The molecule has 0 aliphatic heterocycles. The molecule has 0 unspecified atom stereocenters. The van der Waals surface area contributed by atoms with E-state index < -0.39 is 0 Å². The Morgan fingerprint density at radius 1 is 1.53 bits per heavy atom. The second kappa shape index (κ2) is 8.26. The number of ether oxygens (including phenoxy) is 1. The summed E-state index contributed by atoms with van der Waals surface area (Å²) in [6, 6.07) is 2.13. The maximum Gasteiger partial charge on any atom is 0.0593 e. The van der Waals surface area contributed by atoms with Gasteiger partial charge in [-0.1, -0.05) is 11.8 Å². The maximum absolute atomic E-state index is 5.34. The van der Waals surface area contributed by atoms with Crippen LogP contribution in [-0.4, -0.2) is 38.3 Å². The first-order valence-electron chi connectivity index (χ1n) is 5.79. The van der Waals surface area contributed by atoms with E-state index in [-0.39, 0.29) is 0 Å². The molecule has 3 nitrogen and oxygen atoms in total. The van der Waals surface area contributed by atoms with Crippen LogP contribution in [0.4, 0.5) is 0 Å². The molecule has 0 saturated heterocycles. The first-order chi connectivity index (χ1) is 8.26. The number of nitrogens with zero attached hydrogens (tertiary/aromatic N) is 1. The molecule has 1 heterocycles. The van der Waals surface area contributed by atoms with Crippen LogP contribution in [0.3, 0.4) is 0 Å². The Morgan fingerprint density at radius 2 is 2.35 bits per heavy atom. The first-order valence-corrected chi connectivity index (χ1v) is 6.66. The molecule has 0 spiro atoms. The highest BCUT2D eigenvalue weighted by atomic mass is 32.1. The summed E-state index contributed by atoms with van der Waals surface area (Å²) >= 11 is 1.74. The number of nitrogens with two attached hydrogens (primary N) is 1. The number of likely N-dealkylation sites (N-methyl/N-ethyl adjacent to an activating group) is 1. The molecule has 0 aliphatic carbocycles. The molecule has 94 valence electrons. The fourth-order valence-corrected chi connectivity index (χ4v) is 2.29. The van der Waals surface area contributed by atoms with Crippen LogP contribution in [0.25, 0.3) is 0 Å². The Morgan fingerprint density at radius 3 is 3.06 bits per heavy atom. The van der Waals surface area contributed by atoms with Gasteiger partial charge in [-0.2, -0.15) is 0 Å². The van der Waals surface area contributed by atoms with Gasteiger partial charge >= 0.3 is 0 Å². The van der Waals surface area contributed by atoms with Gasteiger partial charge < -0.3 is 10.5 Å². The third-order valence-electron chi connectivity index (χ3n) is 2.24. The molecule has 4 heteroatoms. The lowest BCUT2D eigenvalue weighted by Crippen LogP contribution is -2.22. The van der Waals surface area contributed by atoms with E-state index in [1.165, 1.54) is 4.88 Å². The molecular formula is C13H20N2OS. The highest BCUT2D eigenvalue weighted by molar-refractivity contribution is 7.10. The van der Waals surface area contributed by atoms with E-state index in [1.807, 2.05) is 6.92 Å². The average molecular weight is 252 g/mol. The highest BCUT2D eigenvalue weighted by Gasteiger charge is 2.02. The van der Waals surface area contributed by atoms with Crippen LogP contribution >= 0.6 is 11.3 Å². The normalized spacial score (nSPS) is 10.4. The van der Waals surface area contributed by atoms with E-state index >= 15 is 0 Å². The van der Waals surface area contributed by atoms with Gasteiger partial charge in [0.05, 0.1) is 13.2 Å². The lowest BCUT2D eigenvalue weighted by molar-refractivity contribution is 0.120. The van der Waals surface area contributed by atoms with Crippen LogP contribution in [0.2, 0.25) is 0 Å². The Kier molecular flexibility index (Phi) is 6.90. The average Bonchev–Trinajstić information content (AvgIpc) is 2.74. The molecule has 0 radical (unpaired) electrons. The van der Waals surface area contributed by atoms with E-state index in [4.69, 9.17) is 10.5 Å². The van der Waals surface area contributed by atoms with E-state index in [1.54, 1.807) is 11.3 Å². The summed E-state index contributed by atoms with van der Waals surface area (Å²) < 4.78 is 5.33. The van der Waals surface area contributed by atoms with E-state index in [0.29, 0.717) is 6.54 Å². The van der Waals surface area contributed by atoms with Crippen molar-refractivity contribution in [3.63, 3.8) is 0 Å². The molecular weight excluding hydrogens is 232 g/mol. The van der Waals surface area contributed by atoms with Gasteiger partial charge in [0.1, 0.15) is 0 Å². The Labute approximate surface area is 108 Å². The van der Waals surface area contributed by atoms with Crippen molar-refractivity contribution in [2.45, 2.75) is 13.5 Å². The molecule has 0 amide bonds. The second-order valence-corrected chi connectivity index (χ2v) is 4.74. The fourth-order valence-electron chi connectivity index (χ4n) is 1.39. The lowest BCUT2D eigenvalue weighted by Gasteiger charge is -2.14. The highest BCUT2D eigenvalue weighted by Crippen LogP contribution is 2.15. The minimum atomic E-state index is 0.416. The molecule has 0 bridgehead atoms. The van der Waals surface area contributed by atoms with Crippen LogP contribution < -0.4 is 5.73 Å². The zero-order valence-electron chi connectivity index (χ0n) is 10.5. The van der Waals surface area contributed by atoms with Gasteiger partial charge in [-0.15, -0.1) is 11.3 Å². The summed E-state index contributed by atoms with van der Waals surface area (Å²) in [5.74, 6) is 5.91. The van der Waals surface area contributed by atoms with Crippen molar-refractivity contribution >= 4 is 11.3 Å². The van der Waals surface area contributed by atoms with Crippen molar-refractivity contribution in [3.8, 4) is 11.8 Å². The van der Waals surface area contributed by atoms with Crippen LogP contribution in [0.15, 0.2) is 11.4 Å². The first kappa shape index (κ1) is 14.2. The SMILES string of the molecule is CCOCCN(C)Cc1cc(C#CCN)cs1. The maximum atomic E-state index is 5.34. The topological polar surface area (TPSA) is 38.5 Å². The zero-order valence-corrected chi connectivity index (χ0v) is 11.3. The lowest BCUT2D eigenvalue weighted by atomic mass is 10.3. The quantitative estimate of drug-likeness (QED) is 0.616. The van der Waals surface area contributed by atoms with Crippen molar-refractivity contribution in [3.05, 3.63) is 21.9 Å².